The molecule has 0 aliphatic heterocycles. The predicted molar refractivity (Wildman–Crippen MR) is 65.9 cm³/mol. The van der Waals surface area contributed by atoms with Gasteiger partial charge in [-0.15, -0.1) is 0 Å². The van der Waals surface area contributed by atoms with Gasteiger partial charge >= 0.3 is 0 Å². The second-order valence-corrected chi connectivity index (χ2v) is 5.74. The molecular formula is C10H13N5O2S. The molecule has 7 nitrogen and oxygen atoms in total. The van der Waals surface area contributed by atoms with E-state index in [9.17, 15) is 8.42 Å². The monoisotopic (exact) mass is 267 g/mol. The molecule has 96 valence electrons. The van der Waals surface area contributed by atoms with E-state index < -0.39 is 10.0 Å². The quantitative estimate of drug-likeness (QED) is 0.823. The van der Waals surface area contributed by atoms with Crippen LogP contribution in [0.1, 0.15) is 5.69 Å². The lowest BCUT2D eigenvalue weighted by Gasteiger charge is -2.15. The summed E-state index contributed by atoms with van der Waals surface area (Å²) in [5, 5.41) is 6.01. The lowest BCUT2D eigenvalue weighted by Crippen LogP contribution is -2.27. The Kier molecular flexibility index (Phi) is 3.30. The first kappa shape index (κ1) is 12.5. The van der Waals surface area contributed by atoms with Crippen LogP contribution in [0.5, 0.6) is 0 Å². The Labute approximate surface area is 105 Å². The average molecular weight is 267 g/mol. The highest BCUT2D eigenvalue weighted by atomic mass is 32.2. The van der Waals surface area contributed by atoms with Gasteiger partial charge in [-0.25, -0.2) is 8.42 Å². The van der Waals surface area contributed by atoms with E-state index in [4.69, 9.17) is 5.73 Å². The first-order chi connectivity index (χ1) is 8.51. The minimum atomic E-state index is -3.65. The molecule has 2 aromatic heterocycles. The first-order valence-electron chi connectivity index (χ1n) is 5.17. The molecule has 0 bridgehead atoms. The van der Waals surface area contributed by atoms with Crippen LogP contribution in [-0.2, 0) is 16.6 Å². The van der Waals surface area contributed by atoms with Crippen molar-refractivity contribution in [1.29, 1.82) is 0 Å². The summed E-state index contributed by atoms with van der Waals surface area (Å²) >= 11 is 0. The minimum absolute atomic E-state index is 0.0269. The van der Waals surface area contributed by atoms with E-state index in [1.54, 1.807) is 24.4 Å². The Morgan fingerprint density at radius 2 is 2.22 bits per heavy atom. The van der Waals surface area contributed by atoms with E-state index in [1.807, 2.05) is 0 Å². The smallest absolute Gasteiger partial charge is 0.248 e. The third-order valence-corrected chi connectivity index (χ3v) is 4.26. The van der Waals surface area contributed by atoms with Gasteiger partial charge in [-0.2, -0.15) is 9.40 Å². The first-order valence-corrected chi connectivity index (χ1v) is 6.61. The van der Waals surface area contributed by atoms with Crippen LogP contribution in [0.25, 0.3) is 0 Å². The number of nitrogens with one attached hydrogen (secondary N) is 1. The van der Waals surface area contributed by atoms with Gasteiger partial charge in [0.05, 0.1) is 18.4 Å². The van der Waals surface area contributed by atoms with Crippen molar-refractivity contribution in [2.75, 3.05) is 12.8 Å². The highest BCUT2D eigenvalue weighted by molar-refractivity contribution is 7.89. The van der Waals surface area contributed by atoms with Gasteiger partial charge in [0.25, 0.3) is 0 Å². The number of H-pyrrole nitrogens is 1. The number of rotatable bonds is 4. The number of nitrogens with two attached hydrogens (primary N) is 1. The minimum Gasteiger partial charge on any atom is -0.383 e. The van der Waals surface area contributed by atoms with Crippen molar-refractivity contribution < 1.29 is 8.42 Å². The molecule has 2 heterocycles. The summed E-state index contributed by atoms with van der Waals surface area (Å²) in [5.41, 5.74) is 6.18. The maximum atomic E-state index is 12.2. The van der Waals surface area contributed by atoms with E-state index in [2.05, 4.69) is 15.2 Å². The van der Waals surface area contributed by atoms with Crippen LogP contribution in [-0.4, -0.2) is 35.0 Å². The van der Waals surface area contributed by atoms with E-state index >= 15 is 0 Å². The Balaban J connectivity index is 2.24. The summed E-state index contributed by atoms with van der Waals surface area (Å²) in [5.74, 6) is 0.0304. The highest BCUT2D eigenvalue weighted by Crippen LogP contribution is 2.19. The molecule has 3 N–H and O–H groups in total. The van der Waals surface area contributed by atoms with Crippen LogP contribution < -0.4 is 5.73 Å². The number of nitrogen functional groups attached to an aromatic ring is 1. The molecule has 0 aromatic carbocycles. The number of hydrogen-bond acceptors (Lipinski definition) is 5. The van der Waals surface area contributed by atoms with E-state index in [0.29, 0.717) is 5.69 Å². The molecule has 0 unspecified atom stereocenters. The average Bonchev–Trinajstić information content (AvgIpc) is 2.77. The topological polar surface area (TPSA) is 105 Å². The summed E-state index contributed by atoms with van der Waals surface area (Å²) in [4.78, 5) is 4.05. The van der Waals surface area contributed by atoms with E-state index in [1.165, 1.54) is 17.5 Å². The SMILES string of the molecule is CN(Cc1ccccn1)S(=O)(=O)c1cn[nH]c1N. The maximum absolute atomic E-state index is 12.2. The van der Waals surface area contributed by atoms with Gasteiger partial charge in [0.2, 0.25) is 10.0 Å². The van der Waals surface area contributed by atoms with Crippen molar-refractivity contribution in [2.24, 2.45) is 0 Å². The zero-order valence-corrected chi connectivity index (χ0v) is 10.6. The van der Waals surface area contributed by atoms with E-state index in [0.717, 1.165) is 0 Å². The van der Waals surface area contributed by atoms with E-state index in [-0.39, 0.29) is 17.3 Å². The van der Waals surface area contributed by atoms with Crippen LogP contribution in [0.2, 0.25) is 0 Å². The molecule has 0 saturated carbocycles. The fraction of sp³-hybridized carbons (Fsp3) is 0.200. The van der Waals surface area contributed by atoms with Gasteiger partial charge in [0.1, 0.15) is 10.7 Å². The molecule has 0 radical (unpaired) electrons. The number of pyridine rings is 1. The predicted octanol–water partition coefficient (Wildman–Crippen LogP) is 0.208. The second kappa shape index (κ2) is 4.75. The summed E-state index contributed by atoms with van der Waals surface area (Å²) in [7, 11) is -2.18. The largest absolute Gasteiger partial charge is 0.383 e. The molecule has 0 fully saturated rings. The standard InChI is InChI=1S/C10H13N5O2S/c1-15(7-8-4-2-3-5-12-8)18(16,17)9-6-13-14-10(9)11/h2-6H,7H2,1H3,(H3,11,13,14). The summed E-state index contributed by atoms with van der Waals surface area (Å²) in [6.45, 7) is 0.174. The third-order valence-electron chi connectivity index (χ3n) is 2.43. The molecule has 8 heteroatoms. The van der Waals surface area contributed by atoms with Gasteiger partial charge < -0.3 is 5.73 Å². The summed E-state index contributed by atoms with van der Waals surface area (Å²) < 4.78 is 25.5. The Bertz CT molecular complexity index is 623. The molecule has 0 aliphatic rings. The lowest BCUT2D eigenvalue weighted by molar-refractivity contribution is 0.462. The molecule has 18 heavy (non-hydrogen) atoms. The Hall–Kier alpha value is -1.93. The Morgan fingerprint density at radius 3 is 2.78 bits per heavy atom. The van der Waals surface area contributed by atoms with Crippen molar-refractivity contribution >= 4 is 15.8 Å². The molecule has 2 aromatic rings. The molecule has 0 atom stereocenters. The van der Waals surface area contributed by atoms with Crippen molar-refractivity contribution in [3.05, 3.63) is 36.3 Å². The van der Waals surface area contributed by atoms with Gasteiger partial charge in [0.15, 0.2) is 0 Å². The van der Waals surface area contributed by atoms with Gasteiger partial charge in [-0.3, -0.25) is 10.1 Å². The third kappa shape index (κ3) is 2.34. The number of hydrogen-bond donors (Lipinski definition) is 2. The molecule has 2 rings (SSSR count). The van der Waals surface area contributed by atoms with Gasteiger partial charge in [-0.05, 0) is 12.1 Å². The van der Waals surface area contributed by atoms with Crippen LogP contribution in [0.4, 0.5) is 5.82 Å². The maximum Gasteiger partial charge on any atom is 0.248 e. The number of nitrogens with zero attached hydrogens (tertiary/aromatic N) is 3. The Morgan fingerprint density at radius 1 is 1.44 bits per heavy atom. The fourth-order valence-electron chi connectivity index (χ4n) is 1.46. The number of aromatic nitrogens is 3. The normalized spacial score (nSPS) is 11.9. The van der Waals surface area contributed by atoms with Crippen LogP contribution in [0.15, 0.2) is 35.5 Å². The lowest BCUT2D eigenvalue weighted by atomic mass is 10.3. The van der Waals surface area contributed by atoms with Gasteiger partial charge in [-0.1, -0.05) is 6.07 Å². The molecule has 0 aliphatic carbocycles. The molecule has 0 amide bonds. The molecule has 0 spiro atoms. The summed E-state index contributed by atoms with van der Waals surface area (Å²) in [6, 6.07) is 5.33. The van der Waals surface area contributed by atoms with Crippen LogP contribution in [0, 0.1) is 0 Å². The van der Waals surface area contributed by atoms with Crippen molar-refractivity contribution in [1.82, 2.24) is 19.5 Å². The van der Waals surface area contributed by atoms with Crippen molar-refractivity contribution in [3.63, 3.8) is 0 Å². The van der Waals surface area contributed by atoms with Crippen LogP contribution >= 0.6 is 0 Å². The zero-order valence-electron chi connectivity index (χ0n) is 9.74. The zero-order chi connectivity index (χ0) is 13.2. The van der Waals surface area contributed by atoms with Gasteiger partial charge in [0, 0.05) is 13.2 Å². The van der Waals surface area contributed by atoms with Crippen molar-refractivity contribution in [2.45, 2.75) is 11.4 Å². The number of sulfonamides is 1. The molecular weight excluding hydrogens is 254 g/mol. The fourth-order valence-corrected chi connectivity index (χ4v) is 2.61. The summed E-state index contributed by atoms with van der Waals surface area (Å²) in [6.07, 6.45) is 2.81. The van der Waals surface area contributed by atoms with Crippen molar-refractivity contribution in [3.8, 4) is 0 Å². The number of anilines is 1. The second-order valence-electron chi connectivity index (χ2n) is 3.73. The van der Waals surface area contributed by atoms with Crippen LogP contribution in [0.3, 0.4) is 0 Å². The molecule has 0 saturated heterocycles. The highest BCUT2D eigenvalue weighted by Gasteiger charge is 2.25. The number of aromatic amines is 1.